The van der Waals surface area contributed by atoms with Crippen LogP contribution in [0.2, 0.25) is 0 Å². The van der Waals surface area contributed by atoms with Crippen molar-refractivity contribution in [2.45, 2.75) is 32.4 Å². The Hall–Kier alpha value is -1.82. The normalized spacial score (nSPS) is 21.8. The third kappa shape index (κ3) is 3.98. The van der Waals surface area contributed by atoms with E-state index in [1.54, 1.807) is 0 Å². The van der Waals surface area contributed by atoms with Gasteiger partial charge in [-0.05, 0) is 25.0 Å². The molecule has 0 unspecified atom stereocenters. The minimum atomic E-state index is -0.546. The molecule has 5 nitrogen and oxygen atoms in total. The van der Waals surface area contributed by atoms with Crippen molar-refractivity contribution in [1.82, 2.24) is 14.9 Å². The molecular weight excluding hydrogens is 302 g/mol. The maximum atomic E-state index is 10.0. The number of aryl methyl sites for hydroxylation is 2. The lowest BCUT2D eigenvalue weighted by Gasteiger charge is -2.42. The molecule has 1 aromatic heterocycles. The molecule has 0 amide bonds. The summed E-state index contributed by atoms with van der Waals surface area (Å²) >= 11 is 0. The van der Waals surface area contributed by atoms with E-state index in [2.05, 4.69) is 33.9 Å². The van der Waals surface area contributed by atoms with Gasteiger partial charge in [-0.1, -0.05) is 24.3 Å². The number of aromatic nitrogens is 2. The zero-order valence-corrected chi connectivity index (χ0v) is 14.4. The van der Waals surface area contributed by atoms with Gasteiger partial charge in [-0.3, -0.25) is 4.90 Å². The quantitative estimate of drug-likeness (QED) is 0.909. The Morgan fingerprint density at radius 2 is 1.96 bits per heavy atom. The van der Waals surface area contributed by atoms with Crippen LogP contribution in [0.3, 0.4) is 0 Å². The standard InChI is InChI=1S/C19H25N3O2/c1-15-5-3-4-6-18(15)9-19(14-23)13-22(7-8-24-19)12-17-10-20-16(2)21-11-17/h3-6,10-11,23H,7-9,12-14H2,1-2H3/t19-/m1/s1. The lowest BCUT2D eigenvalue weighted by atomic mass is 9.91. The van der Waals surface area contributed by atoms with Gasteiger partial charge >= 0.3 is 0 Å². The van der Waals surface area contributed by atoms with E-state index in [0.29, 0.717) is 13.2 Å². The Morgan fingerprint density at radius 3 is 2.67 bits per heavy atom. The molecule has 1 fully saturated rings. The van der Waals surface area contributed by atoms with Crippen molar-refractivity contribution in [2.75, 3.05) is 26.3 Å². The molecule has 0 bridgehead atoms. The number of aliphatic hydroxyl groups is 1. The Bertz CT molecular complexity index is 675. The predicted molar refractivity (Wildman–Crippen MR) is 92.7 cm³/mol. The molecule has 1 N–H and O–H groups in total. The molecular formula is C19H25N3O2. The van der Waals surface area contributed by atoms with Crippen molar-refractivity contribution in [1.29, 1.82) is 0 Å². The van der Waals surface area contributed by atoms with Crippen LogP contribution in [0.4, 0.5) is 0 Å². The molecule has 1 saturated heterocycles. The summed E-state index contributed by atoms with van der Waals surface area (Å²) in [5.41, 5.74) is 3.01. The van der Waals surface area contributed by atoms with Crippen molar-refractivity contribution >= 4 is 0 Å². The van der Waals surface area contributed by atoms with Gasteiger partial charge in [0.2, 0.25) is 0 Å². The monoisotopic (exact) mass is 327 g/mol. The zero-order valence-electron chi connectivity index (χ0n) is 14.4. The Kier molecular flexibility index (Phi) is 5.23. The van der Waals surface area contributed by atoms with Crippen molar-refractivity contribution in [3.63, 3.8) is 0 Å². The molecule has 0 spiro atoms. The summed E-state index contributed by atoms with van der Waals surface area (Å²) < 4.78 is 6.04. The van der Waals surface area contributed by atoms with Crippen LogP contribution in [0.1, 0.15) is 22.5 Å². The fourth-order valence-corrected chi connectivity index (χ4v) is 3.23. The van der Waals surface area contributed by atoms with E-state index in [1.807, 2.05) is 31.5 Å². The summed E-state index contributed by atoms with van der Waals surface area (Å²) in [4.78, 5) is 10.8. The fourth-order valence-electron chi connectivity index (χ4n) is 3.23. The molecule has 128 valence electrons. The number of hydrogen-bond donors (Lipinski definition) is 1. The average Bonchev–Trinajstić information content (AvgIpc) is 2.59. The predicted octanol–water partition coefficient (Wildman–Crippen LogP) is 1.90. The third-order valence-electron chi connectivity index (χ3n) is 4.63. The van der Waals surface area contributed by atoms with Gasteiger partial charge in [-0.15, -0.1) is 0 Å². The first kappa shape index (κ1) is 17.0. The second-order valence-electron chi connectivity index (χ2n) is 6.64. The Labute approximate surface area is 143 Å². The molecule has 24 heavy (non-hydrogen) atoms. The first-order valence-electron chi connectivity index (χ1n) is 8.39. The largest absolute Gasteiger partial charge is 0.393 e. The van der Waals surface area contributed by atoms with Crippen LogP contribution in [0, 0.1) is 13.8 Å². The smallest absolute Gasteiger partial charge is 0.125 e. The van der Waals surface area contributed by atoms with Crippen LogP contribution in [-0.2, 0) is 17.7 Å². The van der Waals surface area contributed by atoms with Crippen LogP contribution in [0.25, 0.3) is 0 Å². The van der Waals surface area contributed by atoms with Crippen molar-refractivity contribution in [2.24, 2.45) is 0 Å². The first-order chi connectivity index (χ1) is 11.6. The van der Waals surface area contributed by atoms with Gasteiger partial charge < -0.3 is 9.84 Å². The van der Waals surface area contributed by atoms with Gasteiger partial charge in [-0.2, -0.15) is 0 Å². The van der Waals surface area contributed by atoms with E-state index in [-0.39, 0.29) is 6.61 Å². The minimum absolute atomic E-state index is 0.0161. The molecule has 0 aliphatic carbocycles. The van der Waals surface area contributed by atoms with Gasteiger partial charge in [-0.25, -0.2) is 9.97 Å². The SMILES string of the molecule is Cc1ncc(CN2CCO[C@](CO)(Cc3ccccc3C)C2)cn1. The third-order valence-corrected chi connectivity index (χ3v) is 4.63. The van der Waals surface area contributed by atoms with E-state index >= 15 is 0 Å². The average molecular weight is 327 g/mol. The number of hydrogen-bond acceptors (Lipinski definition) is 5. The summed E-state index contributed by atoms with van der Waals surface area (Å²) in [7, 11) is 0. The Balaban J connectivity index is 1.72. The highest BCUT2D eigenvalue weighted by molar-refractivity contribution is 5.27. The maximum Gasteiger partial charge on any atom is 0.125 e. The van der Waals surface area contributed by atoms with E-state index in [9.17, 15) is 5.11 Å². The van der Waals surface area contributed by atoms with Gasteiger partial charge in [0.15, 0.2) is 0 Å². The van der Waals surface area contributed by atoms with Gasteiger partial charge in [0.25, 0.3) is 0 Å². The number of ether oxygens (including phenoxy) is 1. The zero-order chi connectivity index (χ0) is 17.0. The molecule has 2 aromatic rings. The van der Waals surface area contributed by atoms with E-state index in [0.717, 1.165) is 30.9 Å². The highest BCUT2D eigenvalue weighted by atomic mass is 16.5. The van der Waals surface area contributed by atoms with Crippen LogP contribution in [0.5, 0.6) is 0 Å². The topological polar surface area (TPSA) is 58.5 Å². The highest BCUT2D eigenvalue weighted by Crippen LogP contribution is 2.25. The number of nitrogens with zero attached hydrogens (tertiary/aromatic N) is 3. The fraction of sp³-hybridized carbons (Fsp3) is 0.474. The first-order valence-corrected chi connectivity index (χ1v) is 8.39. The second-order valence-corrected chi connectivity index (χ2v) is 6.64. The summed E-state index contributed by atoms with van der Waals surface area (Å²) in [6, 6.07) is 8.29. The van der Waals surface area contributed by atoms with Gasteiger partial charge in [0, 0.05) is 44.0 Å². The van der Waals surface area contributed by atoms with Crippen LogP contribution >= 0.6 is 0 Å². The van der Waals surface area contributed by atoms with E-state index < -0.39 is 5.60 Å². The van der Waals surface area contributed by atoms with E-state index in [4.69, 9.17) is 4.74 Å². The van der Waals surface area contributed by atoms with Gasteiger partial charge in [0.05, 0.1) is 13.2 Å². The summed E-state index contributed by atoms with van der Waals surface area (Å²) in [5.74, 6) is 0.782. The molecule has 1 atom stereocenters. The molecule has 3 rings (SSSR count). The van der Waals surface area contributed by atoms with Crippen LogP contribution in [-0.4, -0.2) is 51.9 Å². The second kappa shape index (κ2) is 7.38. The number of benzene rings is 1. The lowest BCUT2D eigenvalue weighted by molar-refractivity contribution is -0.134. The summed E-state index contributed by atoms with van der Waals surface area (Å²) in [5, 5.41) is 10.0. The van der Waals surface area contributed by atoms with Crippen LogP contribution < -0.4 is 0 Å². The molecule has 0 saturated carbocycles. The Morgan fingerprint density at radius 1 is 1.21 bits per heavy atom. The molecule has 0 radical (unpaired) electrons. The van der Waals surface area contributed by atoms with Crippen molar-refractivity contribution in [3.8, 4) is 0 Å². The van der Waals surface area contributed by atoms with Crippen molar-refractivity contribution < 1.29 is 9.84 Å². The van der Waals surface area contributed by atoms with Crippen LogP contribution in [0.15, 0.2) is 36.7 Å². The molecule has 5 heteroatoms. The summed E-state index contributed by atoms with van der Waals surface area (Å²) in [6.45, 7) is 6.96. The molecule has 1 aliphatic heterocycles. The number of aliphatic hydroxyl groups excluding tert-OH is 1. The molecule has 2 heterocycles. The number of morpholine rings is 1. The maximum absolute atomic E-state index is 10.0. The van der Waals surface area contributed by atoms with E-state index in [1.165, 1.54) is 11.1 Å². The summed E-state index contributed by atoms with van der Waals surface area (Å²) in [6.07, 6.45) is 4.47. The number of rotatable bonds is 5. The van der Waals surface area contributed by atoms with Gasteiger partial charge in [0.1, 0.15) is 11.4 Å². The highest BCUT2D eigenvalue weighted by Gasteiger charge is 2.36. The lowest BCUT2D eigenvalue weighted by Crippen LogP contribution is -2.55. The molecule has 1 aliphatic rings. The van der Waals surface area contributed by atoms with Crippen molar-refractivity contribution in [3.05, 3.63) is 59.2 Å². The molecule has 1 aromatic carbocycles. The minimum Gasteiger partial charge on any atom is -0.393 e.